The highest BCUT2D eigenvalue weighted by molar-refractivity contribution is 8.00. The van der Waals surface area contributed by atoms with E-state index in [1.807, 2.05) is 23.6 Å². The fraction of sp³-hybridized carbons (Fsp3) is 0.417. The minimum Gasteiger partial charge on any atom is -0.467 e. The number of carbonyl (C=O) groups is 1. The minimum atomic E-state index is -0.199. The van der Waals surface area contributed by atoms with Crippen molar-refractivity contribution in [2.75, 3.05) is 14.1 Å². The maximum atomic E-state index is 11.8. The molecule has 0 N–H and O–H groups in total. The number of hydrogen-bond acceptors (Lipinski definition) is 5. The molecule has 0 aromatic carbocycles. The Morgan fingerprint density at radius 3 is 3.00 bits per heavy atom. The molecule has 0 spiro atoms. The van der Waals surface area contributed by atoms with E-state index in [2.05, 4.69) is 10.2 Å². The molecule has 0 fully saturated rings. The Bertz CT molecular complexity index is 536. The van der Waals surface area contributed by atoms with E-state index in [-0.39, 0.29) is 11.2 Å². The average Bonchev–Trinajstić information content (AvgIpc) is 3.01. The van der Waals surface area contributed by atoms with Crippen molar-refractivity contribution in [2.24, 2.45) is 0 Å². The monoisotopic (exact) mass is 280 g/mol. The maximum absolute atomic E-state index is 11.8. The number of furan rings is 1. The van der Waals surface area contributed by atoms with E-state index in [9.17, 15) is 4.79 Å². The van der Waals surface area contributed by atoms with Crippen LogP contribution in [0, 0.1) is 0 Å². The van der Waals surface area contributed by atoms with Crippen LogP contribution in [-0.4, -0.2) is 44.9 Å². The summed E-state index contributed by atoms with van der Waals surface area (Å²) < 4.78 is 7.16. The molecule has 1 amide bonds. The Kier molecular flexibility index (Phi) is 4.26. The molecule has 7 heteroatoms. The summed E-state index contributed by atoms with van der Waals surface area (Å²) >= 11 is 1.39. The third-order valence-corrected chi connectivity index (χ3v) is 3.64. The molecule has 1 atom stereocenters. The van der Waals surface area contributed by atoms with Crippen LogP contribution in [0.2, 0.25) is 0 Å². The molecule has 0 aliphatic carbocycles. The quantitative estimate of drug-likeness (QED) is 0.776. The summed E-state index contributed by atoms with van der Waals surface area (Å²) in [6.45, 7) is 2.42. The first-order chi connectivity index (χ1) is 9.08. The van der Waals surface area contributed by atoms with Gasteiger partial charge in [-0.1, -0.05) is 11.8 Å². The second kappa shape index (κ2) is 5.92. The molecule has 0 radical (unpaired) electrons. The number of rotatable bonds is 5. The smallest absolute Gasteiger partial charge is 0.235 e. The second-order valence-corrected chi connectivity index (χ2v) is 5.62. The Morgan fingerprint density at radius 1 is 1.58 bits per heavy atom. The van der Waals surface area contributed by atoms with Gasteiger partial charge in [0.25, 0.3) is 0 Å². The van der Waals surface area contributed by atoms with Crippen LogP contribution < -0.4 is 0 Å². The molecule has 0 saturated carbocycles. The lowest BCUT2D eigenvalue weighted by Crippen LogP contribution is -2.29. The Labute approximate surface area is 115 Å². The maximum Gasteiger partial charge on any atom is 0.235 e. The molecule has 0 aliphatic rings. The first-order valence-electron chi connectivity index (χ1n) is 5.86. The van der Waals surface area contributed by atoms with E-state index in [0.717, 1.165) is 5.76 Å². The minimum absolute atomic E-state index is 0.0533. The van der Waals surface area contributed by atoms with Gasteiger partial charge >= 0.3 is 0 Å². The van der Waals surface area contributed by atoms with Crippen LogP contribution in [0.3, 0.4) is 0 Å². The van der Waals surface area contributed by atoms with Crippen molar-refractivity contribution in [3.8, 4) is 0 Å². The molecular formula is C12H16N4O2S. The van der Waals surface area contributed by atoms with Gasteiger partial charge in [-0.2, -0.15) is 0 Å². The molecular weight excluding hydrogens is 264 g/mol. The standard InChI is InChI=1S/C12H16N4O2S/c1-9(11(17)15(2)3)19-12-14-13-8-16(12)7-10-5-4-6-18-10/h4-6,8-9H,7H2,1-3H3. The van der Waals surface area contributed by atoms with Gasteiger partial charge in [0.1, 0.15) is 12.1 Å². The highest BCUT2D eigenvalue weighted by Gasteiger charge is 2.19. The van der Waals surface area contributed by atoms with Crippen LogP contribution in [0.5, 0.6) is 0 Å². The van der Waals surface area contributed by atoms with Gasteiger partial charge in [-0.15, -0.1) is 10.2 Å². The predicted molar refractivity (Wildman–Crippen MR) is 71.8 cm³/mol. The molecule has 2 rings (SSSR count). The summed E-state index contributed by atoms with van der Waals surface area (Å²) in [4.78, 5) is 13.4. The summed E-state index contributed by atoms with van der Waals surface area (Å²) in [5.41, 5.74) is 0. The molecule has 6 nitrogen and oxygen atoms in total. The van der Waals surface area contributed by atoms with E-state index in [4.69, 9.17) is 4.42 Å². The second-order valence-electron chi connectivity index (χ2n) is 4.31. The van der Waals surface area contributed by atoms with Crippen molar-refractivity contribution in [3.05, 3.63) is 30.5 Å². The highest BCUT2D eigenvalue weighted by Crippen LogP contribution is 2.22. The molecule has 0 saturated heterocycles. The van der Waals surface area contributed by atoms with Crippen molar-refractivity contribution >= 4 is 17.7 Å². The van der Waals surface area contributed by atoms with Gasteiger partial charge in [-0.25, -0.2) is 0 Å². The van der Waals surface area contributed by atoms with Crippen LogP contribution >= 0.6 is 11.8 Å². The fourth-order valence-electron chi connectivity index (χ4n) is 1.59. The van der Waals surface area contributed by atoms with Crippen LogP contribution in [-0.2, 0) is 11.3 Å². The highest BCUT2D eigenvalue weighted by atomic mass is 32.2. The lowest BCUT2D eigenvalue weighted by Gasteiger charge is -2.15. The number of aromatic nitrogens is 3. The van der Waals surface area contributed by atoms with E-state index < -0.39 is 0 Å². The first-order valence-corrected chi connectivity index (χ1v) is 6.74. The van der Waals surface area contributed by atoms with Gasteiger partial charge in [-0.3, -0.25) is 4.79 Å². The predicted octanol–water partition coefficient (Wildman–Crippen LogP) is 1.49. The van der Waals surface area contributed by atoms with Crippen molar-refractivity contribution in [1.29, 1.82) is 0 Å². The third-order valence-electron chi connectivity index (χ3n) is 2.56. The molecule has 2 aromatic rings. The third kappa shape index (κ3) is 3.37. The van der Waals surface area contributed by atoms with Crippen LogP contribution in [0.25, 0.3) is 0 Å². The summed E-state index contributed by atoms with van der Waals surface area (Å²) in [6, 6.07) is 3.73. The molecule has 0 bridgehead atoms. The van der Waals surface area contributed by atoms with Crippen molar-refractivity contribution in [2.45, 2.75) is 23.9 Å². The zero-order valence-electron chi connectivity index (χ0n) is 11.1. The van der Waals surface area contributed by atoms with Gasteiger partial charge in [0.05, 0.1) is 18.1 Å². The summed E-state index contributed by atoms with van der Waals surface area (Å²) in [5.74, 6) is 0.880. The van der Waals surface area contributed by atoms with Crippen molar-refractivity contribution < 1.29 is 9.21 Å². The normalized spacial score (nSPS) is 12.4. The molecule has 2 heterocycles. The summed E-state index contributed by atoms with van der Waals surface area (Å²) in [6.07, 6.45) is 3.27. The van der Waals surface area contributed by atoms with Gasteiger partial charge in [0, 0.05) is 14.1 Å². The lowest BCUT2D eigenvalue weighted by molar-refractivity contribution is -0.127. The van der Waals surface area contributed by atoms with Crippen LogP contribution in [0.1, 0.15) is 12.7 Å². The Balaban J connectivity index is 2.05. The Morgan fingerprint density at radius 2 is 2.37 bits per heavy atom. The van der Waals surface area contributed by atoms with Gasteiger partial charge < -0.3 is 13.9 Å². The SMILES string of the molecule is CC(Sc1nncn1Cc1ccco1)C(=O)N(C)C. The number of thioether (sulfide) groups is 1. The van der Waals surface area contributed by atoms with E-state index in [1.54, 1.807) is 31.6 Å². The van der Waals surface area contributed by atoms with E-state index in [0.29, 0.717) is 11.7 Å². The zero-order chi connectivity index (χ0) is 13.8. The summed E-state index contributed by atoms with van der Waals surface area (Å²) in [7, 11) is 3.49. The number of amides is 1. The summed E-state index contributed by atoms with van der Waals surface area (Å²) in [5, 5.41) is 8.44. The van der Waals surface area contributed by atoms with Gasteiger partial charge in [0.15, 0.2) is 5.16 Å². The van der Waals surface area contributed by atoms with E-state index >= 15 is 0 Å². The zero-order valence-corrected chi connectivity index (χ0v) is 11.9. The fourth-order valence-corrected chi connectivity index (χ4v) is 2.56. The van der Waals surface area contributed by atoms with Crippen molar-refractivity contribution in [1.82, 2.24) is 19.7 Å². The van der Waals surface area contributed by atoms with Crippen molar-refractivity contribution in [3.63, 3.8) is 0 Å². The molecule has 1 unspecified atom stereocenters. The number of hydrogen-bond donors (Lipinski definition) is 0. The molecule has 0 aliphatic heterocycles. The number of carbonyl (C=O) groups excluding carboxylic acids is 1. The first kappa shape index (κ1) is 13.7. The van der Waals surface area contributed by atoms with Gasteiger partial charge in [0.2, 0.25) is 5.91 Å². The van der Waals surface area contributed by atoms with Gasteiger partial charge in [-0.05, 0) is 19.1 Å². The van der Waals surface area contributed by atoms with E-state index in [1.165, 1.54) is 11.8 Å². The van der Waals surface area contributed by atoms with Crippen LogP contribution in [0.15, 0.2) is 34.3 Å². The average molecular weight is 280 g/mol. The largest absolute Gasteiger partial charge is 0.467 e. The molecule has 19 heavy (non-hydrogen) atoms. The number of nitrogens with zero attached hydrogens (tertiary/aromatic N) is 4. The lowest BCUT2D eigenvalue weighted by atomic mass is 10.4. The van der Waals surface area contributed by atoms with Crippen LogP contribution in [0.4, 0.5) is 0 Å². The Hall–Kier alpha value is -1.76. The molecule has 102 valence electrons. The molecule has 2 aromatic heterocycles. The topological polar surface area (TPSA) is 64.2 Å².